The lowest BCUT2D eigenvalue weighted by Gasteiger charge is -2.41. The van der Waals surface area contributed by atoms with Gasteiger partial charge in [-0.15, -0.1) is 0 Å². The first-order valence-electron chi connectivity index (χ1n) is 19.0. The van der Waals surface area contributed by atoms with E-state index in [4.69, 9.17) is 18.9 Å². The summed E-state index contributed by atoms with van der Waals surface area (Å²) in [7, 11) is 0. The number of carboxylic acid groups (broad SMARTS) is 2. The van der Waals surface area contributed by atoms with E-state index >= 15 is 0 Å². The van der Waals surface area contributed by atoms with Crippen molar-refractivity contribution < 1.29 is 115 Å². The quantitative estimate of drug-likeness (QED) is 0.114. The number of benzene rings is 4. The third-order valence-electron chi connectivity index (χ3n) is 11.7. The highest BCUT2D eigenvalue weighted by molar-refractivity contribution is 6.18. The van der Waals surface area contributed by atoms with Gasteiger partial charge in [-0.2, -0.15) is 0 Å². The predicted octanol–water partition coefficient (Wildman–Crippen LogP) is 1.61. The minimum absolute atomic E-state index is 0. The van der Waals surface area contributed by atoms with Crippen LogP contribution in [-0.4, -0.2) is 159 Å². The number of aromatic hydroxyl groups is 2. The van der Waals surface area contributed by atoms with Crippen LogP contribution in [0, 0.1) is 0 Å². The topological polar surface area (TPSA) is 348 Å². The van der Waals surface area contributed by atoms with Crippen LogP contribution >= 0.6 is 0 Å². The molecule has 0 radical (unpaired) electrons. The van der Waals surface area contributed by atoms with Crippen molar-refractivity contribution in [1.82, 2.24) is 0 Å². The molecule has 2 aliphatic heterocycles. The summed E-state index contributed by atoms with van der Waals surface area (Å²) in [6.45, 7) is -1.64. The van der Waals surface area contributed by atoms with Gasteiger partial charge in [-0.25, -0.2) is 9.59 Å². The van der Waals surface area contributed by atoms with Crippen LogP contribution in [0.5, 0.6) is 23.0 Å². The van der Waals surface area contributed by atoms with Crippen molar-refractivity contribution in [3.8, 4) is 23.0 Å². The van der Waals surface area contributed by atoms with E-state index in [1.165, 1.54) is 36.4 Å². The number of rotatable bonds is 9. The number of ketones is 2. The second-order valence-corrected chi connectivity index (χ2v) is 15.2. The molecule has 0 amide bonds. The SMILES string of the molecule is O=C(O)c1cc(O)c2c(c1)C(C1c3cc(C(=O)O)cc(O)c3C(=O)c3c(O[C@H]4O[C@H](CO)[C@@H](O)[C@H](O)[C@H]4O)cccc31)c1cccc(OC3O[C@H](CO)[C@@H](O)[C@H](O)[C@H]3O)c1C2=O.[HH].[HH].[HH].[HH].[HH].[HH].[HH].[HH].[HH].[HH].[HH]. The van der Waals surface area contributed by atoms with Crippen LogP contribution in [-0.2, 0) is 9.47 Å². The number of aliphatic hydroxyl groups is 8. The van der Waals surface area contributed by atoms with Gasteiger partial charge in [-0.1, -0.05) is 24.3 Å². The maximum atomic E-state index is 14.7. The zero-order valence-electron chi connectivity index (χ0n) is 31.7. The third-order valence-corrected chi connectivity index (χ3v) is 11.7. The van der Waals surface area contributed by atoms with E-state index < -0.39 is 144 Å². The molecule has 20 heteroatoms. The van der Waals surface area contributed by atoms with Crippen molar-refractivity contribution in [2.24, 2.45) is 0 Å². The molecule has 2 aliphatic carbocycles. The average molecular weight is 885 g/mol. The van der Waals surface area contributed by atoms with E-state index in [0.717, 1.165) is 24.3 Å². The number of carbonyl (C=O) groups excluding carboxylic acids is 2. The van der Waals surface area contributed by atoms with Crippen LogP contribution < -0.4 is 9.47 Å². The van der Waals surface area contributed by atoms with Crippen molar-refractivity contribution >= 4 is 23.5 Å². The lowest BCUT2D eigenvalue weighted by molar-refractivity contribution is -0.277. The summed E-state index contributed by atoms with van der Waals surface area (Å²) in [5.74, 6) is -10.1. The normalized spacial score (nSPS) is 30.1. The number of phenolic OH excluding ortho intramolecular Hbond substituents is 2. The number of aromatic carboxylic acids is 2. The zero-order chi connectivity index (χ0) is 44.6. The molecule has 0 saturated carbocycles. The maximum absolute atomic E-state index is 14.7. The van der Waals surface area contributed by atoms with Crippen LogP contribution in [0.25, 0.3) is 0 Å². The van der Waals surface area contributed by atoms with E-state index in [9.17, 15) is 80.5 Å². The van der Waals surface area contributed by atoms with Gasteiger partial charge < -0.3 is 80.2 Å². The molecule has 0 bridgehead atoms. The Bertz CT molecular complexity index is 2370. The summed E-state index contributed by atoms with van der Waals surface area (Å²) < 4.78 is 23.0. The number of ether oxygens (including phenoxy) is 4. The Morgan fingerprint density at radius 1 is 0.532 bits per heavy atom. The number of hydrogen-bond donors (Lipinski definition) is 12. The van der Waals surface area contributed by atoms with Crippen molar-refractivity contribution in [3.05, 3.63) is 116 Å². The van der Waals surface area contributed by atoms with E-state index in [2.05, 4.69) is 0 Å². The van der Waals surface area contributed by atoms with Crippen LogP contribution in [0.3, 0.4) is 0 Å². The summed E-state index contributed by atoms with van der Waals surface area (Å²) >= 11 is 0. The van der Waals surface area contributed by atoms with Gasteiger partial charge in [0.15, 0.2) is 0 Å². The van der Waals surface area contributed by atoms with Gasteiger partial charge >= 0.3 is 11.9 Å². The Morgan fingerprint density at radius 2 is 0.903 bits per heavy atom. The molecule has 8 rings (SSSR count). The summed E-state index contributed by atoms with van der Waals surface area (Å²) in [4.78, 5) is 54.2. The van der Waals surface area contributed by atoms with Gasteiger partial charge in [0.1, 0.15) is 71.8 Å². The molecule has 2 heterocycles. The van der Waals surface area contributed by atoms with E-state index in [1.54, 1.807) is 0 Å². The van der Waals surface area contributed by atoms with Gasteiger partial charge in [-0.3, -0.25) is 9.59 Å². The molecule has 3 unspecified atom stereocenters. The molecule has 12 atom stereocenters. The second-order valence-electron chi connectivity index (χ2n) is 15.2. The van der Waals surface area contributed by atoms with Crippen molar-refractivity contribution in [2.45, 2.75) is 73.2 Å². The predicted molar refractivity (Wildman–Crippen MR) is 226 cm³/mol. The highest BCUT2D eigenvalue weighted by atomic mass is 16.7. The molecule has 2 saturated heterocycles. The number of phenols is 2. The minimum atomic E-state index is -1.94. The van der Waals surface area contributed by atoms with Crippen molar-refractivity contribution in [3.63, 3.8) is 0 Å². The molecule has 4 aromatic rings. The Kier molecular flexibility index (Phi) is 11.0. The lowest BCUT2D eigenvalue weighted by atomic mass is 9.63. The largest absolute Gasteiger partial charge is 0.507 e. The lowest BCUT2D eigenvalue weighted by Crippen LogP contribution is -2.60. The summed E-state index contributed by atoms with van der Waals surface area (Å²) in [5.41, 5.74) is -2.87. The monoisotopic (exact) mass is 884 g/mol. The maximum Gasteiger partial charge on any atom is 0.335 e. The van der Waals surface area contributed by atoms with Crippen molar-refractivity contribution in [2.75, 3.05) is 13.2 Å². The molecule has 12 N–H and O–H groups in total. The van der Waals surface area contributed by atoms with E-state index in [0.29, 0.717) is 0 Å². The highest BCUT2D eigenvalue weighted by Crippen LogP contribution is 2.56. The molecule has 0 aromatic heterocycles. The first kappa shape index (κ1) is 42.6. The Labute approximate surface area is 364 Å². The number of hydrogen-bond acceptors (Lipinski definition) is 18. The number of carbonyl (C=O) groups is 4. The smallest absolute Gasteiger partial charge is 0.335 e. The highest BCUT2D eigenvalue weighted by Gasteiger charge is 2.50. The summed E-state index contributed by atoms with van der Waals surface area (Å²) in [6, 6.07) is 11.9. The molecule has 4 aromatic carbocycles. The van der Waals surface area contributed by atoms with Gasteiger partial charge in [-0.05, 0) is 58.7 Å². The third kappa shape index (κ3) is 6.73. The Hall–Kier alpha value is -6.04. The molecule has 62 heavy (non-hydrogen) atoms. The molecular weight excluding hydrogens is 824 g/mol. The van der Waals surface area contributed by atoms with Gasteiger partial charge in [0.25, 0.3) is 0 Å². The van der Waals surface area contributed by atoms with Crippen molar-refractivity contribution in [1.29, 1.82) is 0 Å². The Morgan fingerprint density at radius 3 is 1.24 bits per heavy atom. The number of carboxylic acids is 2. The van der Waals surface area contributed by atoms with Gasteiger partial charge in [0.05, 0.1) is 46.6 Å². The van der Waals surface area contributed by atoms with E-state index in [-0.39, 0.29) is 60.6 Å². The van der Waals surface area contributed by atoms with Crippen LogP contribution in [0.2, 0.25) is 0 Å². The van der Waals surface area contributed by atoms with Crippen LogP contribution in [0.15, 0.2) is 60.7 Å². The summed E-state index contributed by atoms with van der Waals surface area (Å²) in [6.07, 6.45) is -17.7. The Balaban J connectivity index is -0.00000216. The first-order chi connectivity index (χ1) is 29.5. The number of aliphatic hydroxyl groups excluding tert-OH is 8. The first-order valence-corrected chi connectivity index (χ1v) is 19.0. The molecule has 4 aliphatic rings. The average Bonchev–Trinajstić information content (AvgIpc) is 3.24. The van der Waals surface area contributed by atoms with Crippen LogP contribution in [0.4, 0.5) is 0 Å². The fourth-order valence-corrected chi connectivity index (χ4v) is 8.71. The van der Waals surface area contributed by atoms with Gasteiger partial charge in [0, 0.05) is 27.5 Å². The molecular formula is C42H60O20. The van der Waals surface area contributed by atoms with Gasteiger partial charge in [0.2, 0.25) is 24.1 Å². The van der Waals surface area contributed by atoms with E-state index in [1.807, 2.05) is 0 Å². The summed E-state index contributed by atoms with van der Waals surface area (Å²) in [5, 5.41) is 126. The number of fused-ring (bicyclic) bond motifs is 4. The fraction of sp³-hybridized carbons (Fsp3) is 0.333. The molecule has 348 valence electrons. The molecule has 0 spiro atoms. The molecule has 2 fully saturated rings. The van der Waals surface area contributed by atoms with Crippen LogP contribution in [0.1, 0.15) is 102 Å². The second kappa shape index (κ2) is 16.0. The standard InChI is InChI=1S/C42H38O20.11H2/c43-11-23-31(47)35(51)37(53)41(61-23)59-21-5-1-3-15-25(17-7-13(39(55)56)9-19(45)27(17)33(49)29(15)21)26-16-4-2-6-22(60-42-38(54)36(52)32(48)24(12-44)62-42)30(16)34(50)28-18(26)8-14(40(57)58)10-20(28)46;;;;;;;;;;;/h1-10,23-26,31-32,35-38,41-48,51-54H,11-12H2,(H,55,56)(H,57,58);11*1H/t23-,24-,25?,26?,31-,32-,35+,36+,37-,38-,41+,42?;;;;;;;;;;;/m1.........../s1. The molecule has 20 nitrogen and oxygen atoms in total. The zero-order valence-corrected chi connectivity index (χ0v) is 31.7. The fourth-order valence-electron chi connectivity index (χ4n) is 8.71. The minimum Gasteiger partial charge on any atom is -0.507 e.